The molecule has 0 fully saturated rings. The van der Waals surface area contributed by atoms with E-state index in [2.05, 4.69) is 9.47 Å². The Bertz CT molecular complexity index is 1170. The molecule has 0 amide bonds. The van der Waals surface area contributed by atoms with Crippen LogP contribution < -0.4 is 0 Å². The van der Waals surface area contributed by atoms with Crippen LogP contribution in [0.25, 0.3) is 0 Å². The largest absolute Gasteiger partial charge is 0.386 e. The Morgan fingerprint density at radius 3 is 2.00 bits per heavy atom. The fraction of sp³-hybridized carbons (Fsp3) is 0.0588. The smallest absolute Gasteiger partial charge is 0.347 e. The molecule has 2 heterocycles. The molecule has 2 aromatic carbocycles. The molecule has 0 N–H and O–H groups in total. The minimum absolute atomic E-state index is 0.0201. The van der Waals surface area contributed by atoms with Gasteiger partial charge in [0, 0.05) is 0 Å². The number of cyclic esters (lactones) is 4. The lowest BCUT2D eigenvalue weighted by Crippen LogP contribution is -2.07. The van der Waals surface area contributed by atoms with Gasteiger partial charge >= 0.3 is 23.9 Å². The van der Waals surface area contributed by atoms with Crippen molar-refractivity contribution >= 4 is 33.7 Å². The average Bonchev–Trinajstić information content (AvgIpc) is 3.03. The number of fused-ring (bicyclic) bond motifs is 2. The number of esters is 4. The molecule has 0 atom stereocenters. The highest BCUT2D eigenvalue weighted by Gasteiger charge is 2.35. The standard InChI is InChI=1S/C17H8O8S/c1-7-4-9(6-12-13(7)17(21)25-16(12)20)26(22,23)8-2-3-10-11(5-8)15(19)24-14(10)18/h2-6H,1H3. The fourth-order valence-electron chi connectivity index (χ4n) is 2.90. The zero-order valence-corrected chi connectivity index (χ0v) is 13.9. The molecular formula is C17H8O8S. The quantitative estimate of drug-likeness (QED) is 0.574. The van der Waals surface area contributed by atoms with Crippen molar-refractivity contribution < 1.29 is 37.1 Å². The summed E-state index contributed by atoms with van der Waals surface area (Å²) in [5.74, 6) is -3.52. The molecule has 8 nitrogen and oxygen atoms in total. The predicted molar refractivity (Wildman–Crippen MR) is 82.6 cm³/mol. The van der Waals surface area contributed by atoms with E-state index in [1.54, 1.807) is 0 Å². The van der Waals surface area contributed by atoms with E-state index in [4.69, 9.17) is 0 Å². The second kappa shape index (κ2) is 5.09. The Hall–Kier alpha value is -3.33. The van der Waals surface area contributed by atoms with Crippen LogP contribution in [0.2, 0.25) is 0 Å². The fourth-order valence-corrected chi connectivity index (χ4v) is 4.30. The third-order valence-corrected chi connectivity index (χ3v) is 5.89. The first-order valence-electron chi connectivity index (χ1n) is 7.27. The molecule has 0 spiro atoms. The molecule has 0 saturated heterocycles. The van der Waals surface area contributed by atoms with E-state index in [-0.39, 0.29) is 37.6 Å². The second-order valence-corrected chi connectivity index (χ2v) is 7.68. The Kier molecular flexibility index (Phi) is 3.16. The van der Waals surface area contributed by atoms with E-state index < -0.39 is 33.7 Å². The summed E-state index contributed by atoms with van der Waals surface area (Å²) in [7, 11) is -4.12. The highest BCUT2D eigenvalue weighted by atomic mass is 32.2. The first-order chi connectivity index (χ1) is 12.2. The number of carbonyl (C=O) groups is 4. The van der Waals surface area contributed by atoms with Gasteiger partial charge in [-0.05, 0) is 42.8 Å². The molecule has 130 valence electrons. The molecule has 0 radical (unpaired) electrons. The zero-order valence-electron chi connectivity index (χ0n) is 13.1. The van der Waals surface area contributed by atoms with E-state index in [1.807, 2.05) is 0 Å². The number of ether oxygens (including phenoxy) is 2. The maximum absolute atomic E-state index is 12.9. The van der Waals surface area contributed by atoms with E-state index in [9.17, 15) is 27.6 Å². The number of hydrogen-bond acceptors (Lipinski definition) is 8. The van der Waals surface area contributed by atoms with Gasteiger partial charge in [-0.15, -0.1) is 0 Å². The lowest BCUT2D eigenvalue weighted by molar-refractivity contribution is 0.0425. The molecule has 0 unspecified atom stereocenters. The van der Waals surface area contributed by atoms with Gasteiger partial charge in [-0.2, -0.15) is 0 Å². The summed E-state index contributed by atoms with van der Waals surface area (Å²) in [5, 5.41) is 0. The Balaban J connectivity index is 1.88. The number of carbonyl (C=O) groups excluding carboxylic acids is 4. The lowest BCUT2D eigenvalue weighted by atomic mass is 10.0. The van der Waals surface area contributed by atoms with Gasteiger partial charge in [0.25, 0.3) is 0 Å². The molecule has 0 saturated carbocycles. The van der Waals surface area contributed by atoms with Crippen LogP contribution in [0, 0.1) is 6.92 Å². The monoisotopic (exact) mass is 372 g/mol. The van der Waals surface area contributed by atoms with Crippen molar-refractivity contribution in [1.82, 2.24) is 0 Å². The molecule has 2 aromatic rings. The number of hydrogen-bond donors (Lipinski definition) is 0. The van der Waals surface area contributed by atoms with Gasteiger partial charge in [-0.1, -0.05) is 0 Å². The maximum atomic E-state index is 12.9. The third kappa shape index (κ3) is 2.10. The number of benzene rings is 2. The van der Waals surface area contributed by atoms with E-state index in [0.717, 1.165) is 12.1 Å². The summed E-state index contributed by atoms with van der Waals surface area (Å²) in [4.78, 5) is 46.0. The Morgan fingerprint density at radius 1 is 0.692 bits per heavy atom. The Morgan fingerprint density at radius 2 is 1.27 bits per heavy atom. The molecule has 26 heavy (non-hydrogen) atoms. The SMILES string of the molecule is Cc1cc(S(=O)(=O)c2ccc3c(c2)C(=O)OC3=O)cc2c1C(=O)OC2=O. The third-order valence-electron chi connectivity index (χ3n) is 4.16. The van der Waals surface area contributed by atoms with Crippen LogP contribution in [-0.2, 0) is 19.3 Å². The van der Waals surface area contributed by atoms with Crippen LogP contribution in [0.1, 0.15) is 47.0 Å². The van der Waals surface area contributed by atoms with Gasteiger partial charge in [-0.25, -0.2) is 27.6 Å². The number of rotatable bonds is 2. The van der Waals surface area contributed by atoms with Gasteiger partial charge in [0.05, 0.1) is 32.0 Å². The van der Waals surface area contributed by atoms with Crippen LogP contribution in [0.4, 0.5) is 0 Å². The maximum Gasteiger partial charge on any atom is 0.347 e. The summed E-state index contributed by atoms with van der Waals surface area (Å²) in [6.07, 6.45) is 0. The van der Waals surface area contributed by atoms with Crippen molar-refractivity contribution in [1.29, 1.82) is 0 Å². The van der Waals surface area contributed by atoms with Crippen molar-refractivity contribution in [3.63, 3.8) is 0 Å². The average molecular weight is 372 g/mol. The summed E-state index contributed by atoms with van der Waals surface area (Å²) >= 11 is 0. The van der Waals surface area contributed by atoms with Gasteiger partial charge in [0.15, 0.2) is 0 Å². The molecule has 2 aliphatic heterocycles. The van der Waals surface area contributed by atoms with Crippen LogP contribution in [0.15, 0.2) is 40.1 Å². The van der Waals surface area contributed by atoms with Crippen molar-refractivity contribution in [2.75, 3.05) is 0 Å². The second-order valence-electron chi connectivity index (χ2n) is 5.73. The van der Waals surface area contributed by atoms with Gasteiger partial charge in [-0.3, -0.25) is 0 Å². The van der Waals surface area contributed by atoms with Gasteiger partial charge in [0.2, 0.25) is 9.84 Å². The lowest BCUT2D eigenvalue weighted by Gasteiger charge is -2.08. The van der Waals surface area contributed by atoms with E-state index in [1.165, 1.54) is 25.1 Å². The summed E-state index contributed by atoms with van der Waals surface area (Å²) in [6.45, 7) is 1.48. The molecule has 4 rings (SSSR count). The molecule has 0 aromatic heterocycles. The zero-order chi connectivity index (χ0) is 18.8. The normalized spacial score (nSPS) is 15.6. The van der Waals surface area contributed by atoms with Crippen molar-refractivity contribution in [3.8, 4) is 0 Å². The van der Waals surface area contributed by atoms with Crippen molar-refractivity contribution in [3.05, 3.63) is 58.1 Å². The highest BCUT2D eigenvalue weighted by molar-refractivity contribution is 7.91. The summed E-state index contributed by atoms with van der Waals surface area (Å²) in [5.41, 5.74) is -0.00845. The van der Waals surface area contributed by atoms with Crippen LogP contribution >= 0.6 is 0 Å². The molecule has 0 aliphatic carbocycles. The molecule has 9 heteroatoms. The number of sulfone groups is 1. The summed E-state index contributed by atoms with van der Waals surface area (Å²) in [6, 6.07) is 5.70. The minimum atomic E-state index is -4.12. The molecular weight excluding hydrogens is 364 g/mol. The Labute approximate surface area is 146 Å². The molecule has 2 aliphatic rings. The van der Waals surface area contributed by atoms with Crippen molar-refractivity contribution in [2.45, 2.75) is 16.7 Å². The van der Waals surface area contributed by atoms with E-state index >= 15 is 0 Å². The van der Waals surface area contributed by atoms with Crippen molar-refractivity contribution in [2.24, 2.45) is 0 Å². The first-order valence-corrected chi connectivity index (χ1v) is 8.75. The topological polar surface area (TPSA) is 121 Å². The van der Waals surface area contributed by atoms with Crippen LogP contribution in [-0.4, -0.2) is 32.3 Å². The van der Waals surface area contributed by atoms with Gasteiger partial charge in [0.1, 0.15) is 0 Å². The van der Waals surface area contributed by atoms with Gasteiger partial charge < -0.3 is 9.47 Å². The van der Waals surface area contributed by atoms with E-state index in [0.29, 0.717) is 0 Å². The minimum Gasteiger partial charge on any atom is -0.386 e. The van der Waals surface area contributed by atoms with Crippen LogP contribution in [0.3, 0.4) is 0 Å². The predicted octanol–water partition coefficient (Wildman–Crippen LogP) is 1.45. The molecule has 0 bridgehead atoms. The summed E-state index contributed by atoms with van der Waals surface area (Å²) < 4.78 is 34.7. The van der Waals surface area contributed by atoms with Crippen LogP contribution in [0.5, 0.6) is 0 Å². The number of aryl methyl sites for hydroxylation is 1. The first kappa shape index (κ1) is 16.2. The highest BCUT2D eigenvalue weighted by Crippen LogP contribution is 2.31.